The van der Waals surface area contributed by atoms with E-state index in [-0.39, 0.29) is 0 Å². The van der Waals surface area contributed by atoms with Crippen molar-refractivity contribution in [3.05, 3.63) is 102 Å². The van der Waals surface area contributed by atoms with E-state index in [9.17, 15) is 0 Å². The van der Waals surface area contributed by atoms with Crippen LogP contribution in [0, 0.1) is 11.3 Å². The highest BCUT2D eigenvalue weighted by Gasteiger charge is 2.06. The van der Waals surface area contributed by atoms with Gasteiger partial charge in [0.15, 0.2) is 0 Å². The topological polar surface area (TPSA) is 36.1 Å². The molecular weight excluding hydrogens is 268 g/mol. The Hall–Kier alpha value is -3.18. The number of rotatable bonds is 3. The first-order valence-electron chi connectivity index (χ1n) is 7.06. The normalized spacial score (nSPS) is 9.77. The molecule has 0 aromatic heterocycles. The molecule has 0 aliphatic carbocycles. The molecule has 3 aromatic carbocycles. The van der Waals surface area contributed by atoms with Crippen LogP contribution in [0.25, 0.3) is 0 Å². The molecule has 22 heavy (non-hydrogen) atoms. The van der Waals surface area contributed by atoms with Gasteiger partial charge in [0.2, 0.25) is 0 Å². The average molecular weight is 282 g/mol. The van der Waals surface area contributed by atoms with Crippen LogP contribution in [0.15, 0.2) is 89.9 Å². The Kier molecular flexibility index (Phi) is 4.08. The van der Waals surface area contributed by atoms with E-state index < -0.39 is 0 Å². The highest BCUT2D eigenvalue weighted by molar-refractivity contribution is 6.13. The number of benzene rings is 3. The van der Waals surface area contributed by atoms with Crippen molar-refractivity contribution >= 4 is 11.4 Å². The number of hydrogen-bond donors (Lipinski definition) is 0. The van der Waals surface area contributed by atoms with Gasteiger partial charge in [0.25, 0.3) is 0 Å². The molecule has 0 heterocycles. The van der Waals surface area contributed by atoms with Crippen LogP contribution in [-0.4, -0.2) is 5.71 Å². The largest absolute Gasteiger partial charge is 0.248 e. The smallest absolute Gasteiger partial charge is 0.0991 e. The van der Waals surface area contributed by atoms with Gasteiger partial charge >= 0.3 is 0 Å². The molecule has 0 aliphatic rings. The first-order valence-corrected chi connectivity index (χ1v) is 7.06. The number of nitrogens with zero attached hydrogens (tertiary/aromatic N) is 2. The number of hydrogen-bond acceptors (Lipinski definition) is 2. The van der Waals surface area contributed by atoms with Gasteiger partial charge in [-0.3, -0.25) is 0 Å². The Labute approximate surface area is 130 Å². The maximum atomic E-state index is 8.88. The summed E-state index contributed by atoms with van der Waals surface area (Å²) in [6.07, 6.45) is 0. The van der Waals surface area contributed by atoms with Gasteiger partial charge in [-0.15, -0.1) is 0 Å². The van der Waals surface area contributed by atoms with Gasteiger partial charge in [-0.1, -0.05) is 60.7 Å². The van der Waals surface area contributed by atoms with Gasteiger partial charge < -0.3 is 0 Å². The predicted molar refractivity (Wildman–Crippen MR) is 89.3 cm³/mol. The highest BCUT2D eigenvalue weighted by atomic mass is 14.7. The van der Waals surface area contributed by atoms with Gasteiger partial charge in [-0.05, 0) is 24.3 Å². The fraction of sp³-hybridized carbons (Fsp3) is 0. The first-order chi connectivity index (χ1) is 10.9. The molecule has 0 unspecified atom stereocenters. The summed E-state index contributed by atoms with van der Waals surface area (Å²) in [6, 6.07) is 29.6. The van der Waals surface area contributed by atoms with Crippen LogP contribution >= 0.6 is 0 Å². The summed E-state index contributed by atoms with van der Waals surface area (Å²) in [6.45, 7) is 0. The SMILES string of the molecule is N#Cc1ccc(N=C(c2ccccc2)c2ccccc2)cc1. The van der Waals surface area contributed by atoms with Crippen LogP contribution in [-0.2, 0) is 0 Å². The Balaban J connectivity index is 2.09. The summed E-state index contributed by atoms with van der Waals surface area (Å²) in [4.78, 5) is 4.78. The van der Waals surface area contributed by atoms with Crippen molar-refractivity contribution in [1.82, 2.24) is 0 Å². The third-order valence-corrected chi connectivity index (χ3v) is 3.33. The van der Waals surface area contributed by atoms with Crippen molar-refractivity contribution in [2.75, 3.05) is 0 Å². The van der Waals surface area contributed by atoms with Crippen LogP contribution in [0.4, 0.5) is 5.69 Å². The zero-order valence-electron chi connectivity index (χ0n) is 12.0. The Morgan fingerprint density at radius 1 is 0.682 bits per heavy atom. The van der Waals surface area contributed by atoms with E-state index in [1.807, 2.05) is 48.5 Å². The van der Waals surface area contributed by atoms with E-state index in [1.165, 1.54) is 0 Å². The van der Waals surface area contributed by atoms with E-state index in [2.05, 4.69) is 30.3 Å². The van der Waals surface area contributed by atoms with Crippen LogP contribution in [0.5, 0.6) is 0 Å². The minimum absolute atomic E-state index is 0.639. The zero-order chi connectivity index (χ0) is 15.2. The second-order valence-corrected chi connectivity index (χ2v) is 4.85. The van der Waals surface area contributed by atoms with E-state index in [0.29, 0.717) is 5.56 Å². The first kappa shape index (κ1) is 13.8. The Morgan fingerprint density at radius 3 is 1.64 bits per heavy atom. The number of aliphatic imine (C=N–C) groups is 1. The molecule has 0 spiro atoms. The van der Waals surface area contributed by atoms with Crippen LogP contribution in [0.2, 0.25) is 0 Å². The summed E-state index contributed by atoms with van der Waals surface area (Å²) < 4.78 is 0. The maximum absolute atomic E-state index is 8.88. The Morgan fingerprint density at radius 2 is 1.18 bits per heavy atom. The van der Waals surface area contributed by atoms with E-state index >= 15 is 0 Å². The van der Waals surface area contributed by atoms with Crippen LogP contribution in [0.1, 0.15) is 16.7 Å². The Bertz CT molecular complexity index is 770. The lowest BCUT2D eigenvalue weighted by molar-refractivity contribution is 1.44. The molecule has 104 valence electrons. The van der Waals surface area contributed by atoms with E-state index in [1.54, 1.807) is 12.1 Å². The summed E-state index contributed by atoms with van der Waals surface area (Å²) in [5.41, 5.74) is 4.53. The summed E-state index contributed by atoms with van der Waals surface area (Å²) >= 11 is 0. The quantitative estimate of drug-likeness (QED) is 0.640. The number of nitriles is 1. The van der Waals surface area contributed by atoms with Gasteiger partial charge in [0, 0.05) is 11.1 Å². The molecule has 0 saturated carbocycles. The minimum Gasteiger partial charge on any atom is -0.248 e. The summed E-state index contributed by atoms with van der Waals surface area (Å²) in [7, 11) is 0. The molecule has 3 rings (SSSR count). The summed E-state index contributed by atoms with van der Waals surface area (Å²) in [5.74, 6) is 0. The molecule has 0 bridgehead atoms. The monoisotopic (exact) mass is 282 g/mol. The van der Waals surface area contributed by atoms with Crippen molar-refractivity contribution in [2.45, 2.75) is 0 Å². The average Bonchev–Trinajstić information content (AvgIpc) is 2.62. The van der Waals surface area contributed by atoms with E-state index in [4.69, 9.17) is 10.3 Å². The van der Waals surface area contributed by atoms with E-state index in [0.717, 1.165) is 22.5 Å². The second-order valence-electron chi connectivity index (χ2n) is 4.85. The lowest BCUT2D eigenvalue weighted by atomic mass is 10.0. The third-order valence-electron chi connectivity index (χ3n) is 3.33. The van der Waals surface area contributed by atoms with Crippen molar-refractivity contribution in [2.24, 2.45) is 4.99 Å². The molecule has 0 aliphatic heterocycles. The summed E-state index contributed by atoms with van der Waals surface area (Å²) in [5, 5.41) is 8.88. The molecule has 2 heteroatoms. The third kappa shape index (κ3) is 3.11. The molecule has 3 aromatic rings. The molecular formula is C20H14N2. The standard InChI is InChI=1S/C20H14N2/c21-15-16-11-13-19(14-12-16)22-20(17-7-3-1-4-8-17)18-9-5-2-6-10-18/h1-14H. The van der Waals surface area contributed by atoms with Gasteiger partial charge in [0.05, 0.1) is 23.0 Å². The van der Waals surface area contributed by atoms with Crippen molar-refractivity contribution in [1.29, 1.82) is 5.26 Å². The van der Waals surface area contributed by atoms with Gasteiger partial charge in [0.1, 0.15) is 0 Å². The molecule has 0 radical (unpaired) electrons. The lowest BCUT2D eigenvalue weighted by Crippen LogP contribution is -2.02. The highest BCUT2D eigenvalue weighted by Crippen LogP contribution is 2.18. The fourth-order valence-corrected chi connectivity index (χ4v) is 2.23. The fourth-order valence-electron chi connectivity index (χ4n) is 2.23. The molecule has 0 amide bonds. The van der Waals surface area contributed by atoms with Crippen molar-refractivity contribution < 1.29 is 0 Å². The predicted octanol–water partition coefficient (Wildman–Crippen LogP) is 4.73. The minimum atomic E-state index is 0.639. The molecule has 2 nitrogen and oxygen atoms in total. The van der Waals surface area contributed by atoms with Crippen LogP contribution < -0.4 is 0 Å². The molecule has 0 fully saturated rings. The molecule has 0 saturated heterocycles. The zero-order valence-corrected chi connectivity index (χ0v) is 12.0. The molecule has 0 N–H and O–H groups in total. The second kappa shape index (κ2) is 6.51. The maximum Gasteiger partial charge on any atom is 0.0991 e. The lowest BCUT2D eigenvalue weighted by Gasteiger charge is -2.07. The van der Waals surface area contributed by atoms with Crippen molar-refractivity contribution in [3.8, 4) is 6.07 Å². The molecule has 0 atom stereocenters. The van der Waals surface area contributed by atoms with Gasteiger partial charge in [-0.2, -0.15) is 5.26 Å². The van der Waals surface area contributed by atoms with Crippen molar-refractivity contribution in [3.63, 3.8) is 0 Å². The van der Waals surface area contributed by atoms with Gasteiger partial charge in [-0.25, -0.2) is 4.99 Å². The van der Waals surface area contributed by atoms with Crippen LogP contribution in [0.3, 0.4) is 0 Å².